The summed E-state index contributed by atoms with van der Waals surface area (Å²) >= 11 is 3.18. The lowest BCUT2D eigenvalue weighted by molar-refractivity contribution is 0.267. The number of hydrogen-bond donors (Lipinski definition) is 0. The Kier molecular flexibility index (Phi) is 14.6. The molecule has 140 valence electrons. The van der Waals surface area contributed by atoms with Gasteiger partial charge in [0.25, 0.3) is 0 Å². The first kappa shape index (κ1) is 23.9. The monoisotopic (exact) mass is 382 g/mol. The van der Waals surface area contributed by atoms with Gasteiger partial charge in [-0.2, -0.15) is 0 Å². The molecule has 0 heterocycles. The van der Waals surface area contributed by atoms with E-state index in [1.807, 2.05) is 0 Å². The highest BCUT2D eigenvalue weighted by molar-refractivity contribution is 8.89. The van der Waals surface area contributed by atoms with Crippen molar-refractivity contribution in [3.63, 3.8) is 0 Å². The Hall–Kier alpha value is 0.890. The van der Waals surface area contributed by atoms with Crippen LogP contribution in [-0.4, -0.2) is 18.1 Å². The third-order valence-electron chi connectivity index (χ3n) is 3.90. The van der Waals surface area contributed by atoms with Crippen LogP contribution in [0.3, 0.4) is 0 Å². The van der Waals surface area contributed by atoms with Gasteiger partial charge in [0.05, 0.1) is 6.61 Å². The molecule has 0 aromatic rings. The molecular weight excluding hydrogens is 343 g/mol. The van der Waals surface area contributed by atoms with E-state index in [-0.39, 0.29) is 0 Å². The zero-order valence-corrected chi connectivity index (χ0v) is 18.7. The predicted octanol–water partition coefficient (Wildman–Crippen LogP) is 7.89. The van der Waals surface area contributed by atoms with E-state index in [0.29, 0.717) is 24.4 Å². The summed E-state index contributed by atoms with van der Waals surface area (Å²) in [6.45, 7) is 14.0. The summed E-state index contributed by atoms with van der Waals surface area (Å²) in [5.41, 5.74) is 0. The van der Waals surface area contributed by atoms with E-state index >= 15 is 0 Å². The smallest absolute Gasteiger partial charge is 0.313 e. The molecule has 3 atom stereocenters. The SMILES string of the molecule is CCCC(C)COP(=O)(SCC(C)CCC)SCC(C)CCC. The molecule has 0 bridgehead atoms. The van der Waals surface area contributed by atoms with Gasteiger partial charge < -0.3 is 4.52 Å². The molecule has 0 aromatic carbocycles. The Bertz CT molecular complexity index is 279. The van der Waals surface area contributed by atoms with Gasteiger partial charge in [0.1, 0.15) is 0 Å². The lowest BCUT2D eigenvalue weighted by Gasteiger charge is -2.22. The second-order valence-electron chi connectivity index (χ2n) is 7.02. The third-order valence-corrected chi connectivity index (χ3v) is 11.8. The van der Waals surface area contributed by atoms with Crippen LogP contribution in [0.1, 0.15) is 80.1 Å². The molecular formula is C18H39O2PS2. The van der Waals surface area contributed by atoms with Gasteiger partial charge in [-0.1, -0.05) is 96.4 Å². The number of hydrogen-bond acceptors (Lipinski definition) is 4. The van der Waals surface area contributed by atoms with E-state index in [4.69, 9.17) is 4.52 Å². The minimum atomic E-state index is -2.62. The van der Waals surface area contributed by atoms with Gasteiger partial charge in [-0.15, -0.1) is 0 Å². The summed E-state index contributed by atoms with van der Waals surface area (Å²) in [7, 11) is 0. The highest BCUT2D eigenvalue weighted by atomic mass is 33.1. The fraction of sp³-hybridized carbons (Fsp3) is 1.00. The Balaban J connectivity index is 4.52. The molecule has 23 heavy (non-hydrogen) atoms. The largest absolute Gasteiger partial charge is 0.313 e. The van der Waals surface area contributed by atoms with Crippen LogP contribution in [-0.2, 0) is 9.09 Å². The molecule has 0 aliphatic rings. The first-order valence-corrected chi connectivity index (χ1v) is 14.2. The van der Waals surface area contributed by atoms with Crippen molar-refractivity contribution in [1.82, 2.24) is 0 Å². The van der Waals surface area contributed by atoms with Crippen molar-refractivity contribution in [1.29, 1.82) is 0 Å². The van der Waals surface area contributed by atoms with Gasteiger partial charge >= 0.3 is 5.77 Å². The summed E-state index contributed by atoms with van der Waals surface area (Å²) in [6.07, 6.45) is 7.11. The molecule has 0 saturated heterocycles. The van der Waals surface area contributed by atoms with Gasteiger partial charge in [-0.25, -0.2) is 0 Å². The highest BCUT2D eigenvalue weighted by Gasteiger charge is 2.27. The van der Waals surface area contributed by atoms with Crippen molar-refractivity contribution >= 4 is 28.5 Å². The minimum Gasteiger partial charge on any atom is -0.313 e. The fourth-order valence-electron chi connectivity index (χ4n) is 2.50. The van der Waals surface area contributed by atoms with Crippen LogP contribution in [0.5, 0.6) is 0 Å². The van der Waals surface area contributed by atoms with Crippen LogP contribution in [0, 0.1) is 17.8 Å². The predicted molar refractivity (Wildman–Crippen MR) is 111 cm³/mol. The van der Waals surface area contributed by atoms with Crippen LogP contribution < -0.4 is 0 Å². The van der Waals surface area contributed by atoms with Gasteiger partial charge in [-0.05, 0) is 24.2 Å². The van der Waals surface area contributed by atoms with Gasteiger partial charge in [0, 0.05) is 11.5 Å². The molecule has 0 aliphatic carbocycles. The third kappa shape index (κ3) is 12.8. The maximum atomic E-state index is 13.2. The van der Waals surface area contributed by atoms with Crippen LogP contribution in [0.4, 0.5) is 0 Å². The molecule has 5 heteroatoms. The van der Waals surface area contributed by atoms with Crippen molar-refractivity contribution in [2.24, 2.45) is 17.8 Å². The van der Waals surface area contributed by atoms with Crippen LogP contribution >= 0.6 is 28.5 Å². The lowest BCUT2D eigenvalue weighted by Crippen LogP contribution is -2.05. The first-order chi connectivity index (χ1) is 10.9. The quantitative estimate of drug-likeness (QED) is 0.269. The molecule has 0 spiro atoms. The summed E-state index contributed by atoms with van der Waals surface area (Å²) in [6, 6.07) is 0. The zero-order chi connectivity index (χ0) is 17.7. The lowest BCUT2D eigenvalue weighted by atomic mass is 10.1. The average Bonchev–Trinajstić information content (AvgIpc) is 2.50. The molecule has 0 aromatic heterocycles. The second-order valence-corrected chi connectivity index (χ2v) is 14.5. The summed E-state index contributed by atoms with van der Waals surface area (Å²) in [5.74, 6) is 1.00. The highest BCUT2D eigenvalue weighted by Crippen LogP contribution is 2.70. The fourth-order valence-corrected chi connectivity index (χ4v) is 9.79. The molecule has 0 radical (unpaired) electrons. The average molecular weight is 383 g/mol. The molecule has 0 aliphatic heterocycles. The maximum Gasteiger partial charge on any atom is 0.313 e. The Labute approximate surface area is 153 Å². The zero-order valence-electron chi connectivity index (χ0n) is 16.2. The normalized spacial score (nSPS) is 18.3. The maximum absolute atomic E-state index is 13.2. The van der Waals surface area contributed by atoms with Crippen LogP contribution in [0.2, 0.25) is 0 Å². The van der Waals surface area contributed by atoms with Crippen LogP contribution in [0.15, 0.2) is 0 Å². The van der Waals surface area contributed by atoms with E-state index < -0.39 is 5.77 Å². The molecule has 3 unspecified atom stereocenters. The Morgan fingerprint density at radius 3 is 1.57 bits per heavy atom. The van der Waals surface area contributed by atoms with E-state index in [2.05, 4.69) is 41.5 Å². The molecule has 0 rings (SSSR count). The van der Waals surface area contributed by atoms with E-state index in [0.717, 1.165) is 24.3 Å². The van der Waals surface area contributed by atoms with E-state index in [1.165, 1.54) is 25.7 Å². The summed E-state index contributed by atoms with van der Waals surface area (Å²) < 4.78 is 19.2. The van der Waals surface area contributed by atoms with Crippen molar-refractivity contribution < 1.29 is 9.09 Å². The van der Waals surface area contributed by atoms with Crippen molar-refractivity contribution in [3.05, 3.63) is 0 Å². The summed E-state index contributed by atoms with van der Waals surface area (Å²) in [5, 5.41) is 0. The van der Waals surface area contributed by atoms with Crippen LogP contribution in [0.25, 0.3) is 0 Å². The Morgan fingerprint density at radius 1 is 0.783 bits per heavy atom. The molecule has 0 saturated carbocycles. The van der Waals surface area contributed by atoms with E-state index in [1.54, 1.807) is 22.8 Å². The number of rotatable bonds is 15. The van der Waals surface area contributed by atoms with Crippen molar-refractivity contribution in [2.45, 2.75) is 80.1 Å². The van der Waals surface area contributed by atoms with Crippen molar-refractivity contribution in [3.8, 4) is 0 Å². The Morgan fingerprint density at radius 2 is 1.17 bits per heavy atom. The van der Waals surface area contributed by atoms with Gasteiger partial charge in [-0.3, -0.25) is 4.57 Å². The molecule has 0 amide bonds. The second kappa shape index (κ2) is 14.1. The van der Waals surface area contributed by atoms with Gasteiger partial charge in [0.2, 0.25) is 0 Å². The molecule has 2 nitrogen and oxygen atoms in total. The van der Waals surface area contributed by atoms with Gasteiger partial charge in [0.15, 0.2) is 0 Å². The summed E-state index contributed by atoms with van der Waals surface area (Å²) in [4.78, 5) is 0. The standard InChI is InChI=1S/C18H39O2PS2/c1-7-10-16(4)13-20-21(19,22-14-17(5)11-8-2)23-15-18(6)12-9-3/h16-18H,7-15H2,1-6H3. The molecule has 0 fully saturated rings. The topological polar surface area (TPSA) is 26.3 Å². The minimum absolute atomic E-state index is 0.496. The first-order valence-electron chi connectivity index (χ1n) is 9.40. The van der Waals surface area contributed by atoms with Crippen molar-refractivity contribution in [2.75, 3.05) is 18.1 Å². The van der Waals surface area contributed by atoms with E-state index in [9.17, 15) is 4.57 Å². The molecule has 0 N–H and O–H groups in total.